The van der Waals surface area contributed by atoms with Crippen molar-refractivity contribution in [3.05, 3.63) is 18.1 Å². The fourth-order valence-electron chi connectivity index (χ4n) is 2.13. The number of alkyl halides is 1. The van der Waals surface area contributed by atoms with Crippen LogP contribution in [-0.2, 0) is 0 Å². The van der Waals surface area contributed by atoms with Crippen LogP contribution >= 0.6 is 0 Å². The highest BCUT2D eigenvalue weighted by molar-refractivity contribution is 5.14. The molecule has 0 spiro atoms. The van der Waals surface area contributed by atoms with Crippen LogP contribution in [0.25, 0.3) is 0 Å². The van der Waals surface area contributed by atoms with Gasteiger partial charge in [0.25, 0.3) is 0 Å². The van der Waals surface area contributed by atoms with E-state index in [1.165, 1.54) is 12.8 Å². The van der Waals surface area contributed by atoms with Gasteiger partial charge >= 0.3 is 0 Å². The third kappa shape index (κ3) is 2.01. The van der Waals surface area contributed by atoms with E-state index in [1.54, 1.807) is 12.3 Å². The van der Waals surface area contributed by atoms with Crippen LogP contribution in [0.5, 0.6) is 5.88 Å². The first kappa shape index (κ1) is 10.00. The summed E-state index contributed by atoms with van der Waals surface area (Å²) < 4.78 is 19.0. The van der Waals surface area contributed by atoms with Crippen molar-refractivity contribution < 1.29 is 9.13 Å². The molecule has 2 saturated carbocycles. The van der Waals surface area contributed by atoms with Crippen molar-refractivity contribution in [2.24, 2.45) is 0 Å². The molecule has 2 atom stereocenters. The van der Waals surface area contributed by atoms with Gasteiger partial charge in [0.15, 0.2) is 0 Å². The molecule has 0 aliphatic heterocycles. The highest BCUT2D eigenvalue weighted by Crippen LogP contribution is 2.38. The zero-order chi connectivity index (χ0) is 11.0. The summed E-state index contributed by atoms with van der Waals surface area (Å²) >= 11 is 0. The molecule has 2 aliphatic rings. The maximum Gasteiger partial charge on any atom is 0.216 e. The van der Waals surface area contributed by atoms with Gasteiger partial charge < -0.3 is 4.74 Å². The van der Waals surface area contributed by atoms with Gasteiger partial charge in [0.1, 0.15) is 18.1 Å². The lowest BCUT2D eigenvalue weighted by Gasteiger charge is -2.14. The number of nitrogens with zero attached hydrogens (tertiary/aromatic N) is 2. The maximum atomic E-state index is 13.4. The van der Waals surface area contributed by atoms with Crippen LogP contribution in [0.1, 0.15) is 43.8 Å². The molecule has 2 aliphatic carbocycles. The number of hydrogen-bond donors (Lipinski definition) is 0. The van der Waals surface area contributed by atoms with Gasteiger partial charge in [-0.2, -0.15) is 4.98 Å². The normalized spacial score (nSPS) is 29.3. The van der Waals surface area contributed by atoms with Crippen LogP contribution in [0, 0.1) is 0 Å². The third-order valence-electron chi connectivity index (χ3n) is 3.24. The number of hydrogen-bond acceptors (Lipinski definition) is 3. The highest BCUT2D eigenvalue weighted by atomic mass is 19.1. The fourth-order valence-corrected chi connectivity index (χ4v) is 2.13. The minimum Gasteiger partial charge on any atom is -0.471 e. The summed E-state index contributed by atoms with van der Waals surface area (Å²) in [5.41, 5.74) is 0. The minimum atomic E-state index is -0.834. The van der Waals surface area contributed by atoms with Crippen LogP contribution in [0.15, 0.2) is 12.3 Å². The number of rotatable bonds is 3. The summed E-state index contributed by atoms with van der Waals surface area (Å²) in [6.07, 6.45) is 5.22. The van der Waals surface area contributed by atoms with E-state index in [2.05, 4.69) is 9.97 Å². The van der Waals surface area contributed by atoms with Crippen molar-refractivity contribution in [3.63, 3.8) is 0 Å². The molecule has 3 nitrogen and oxygen atoms in total. The molecule has 0 bridgehead atoms. The van der Waals surface area contributed by atoms with Gasteiger partial charge in [-0.15, -0.1) is 0 Å². The summed E-state index contributed by atoms with van der Waals surface area (Å²) in [5.74, 6) is 1.89. The zero-order valence-electron chi connectivity index (χ0n) is 9.10. The Morgan fingerprint density at radius 1 is 1.25 bits per heavy atom. The molecule has 2 fully saturated rings. The molecule has 0 aromatic carbocycles. The lowest BCUT2D eigenvalue weighted by Crippen LogP contribution is -2.22. The van der Waals surface area contributed by atoms with Crippen LogP contribution in [0.2, 0.25) is 0 Å². The van der Waals surface area contributed by atoms with E-state index < -0.39 is 6.17 Å². The molecular weight excluding hydrogens is 207 g/mol. The van der Waals surface area contributed by atoms with Gasteiger partial charge in [0.2, 0.25) is 5.88 Å². The molecule has 0 saturated heterocycles. The van der Waals surface area contributed by atoms with Gasteiger partial charge in [-0.1, -0.05) is 0 Å². The van der Waals surface area contributed by atoms with Gasteiger partial charge in [0.05, 0.1) is 0 Å². The Hall–Kier alpha value is -1.19. The molecule has 0 unspecified atom stereocenters. The summed E-state index contributed by atoms with van der Waals surface area (Å²) in [6, 6.07) is 1.72. The minimum absolute atomic E-state index is 0.304. The summed E-state index contributed by atoms with van der Waals surface area (Å²) in [7, 11) is 0. The molecule has 1 aromatic heterocycles. The van der Waals surface area contributed by atoms with E-state index in [-0.39, 0.29) is 6.10 Å². The lowest BCUT2D eigenvalue weighted by molar-refractivity contribution is 0.120. The number of halogens is 1. The molecule has 1 heterocycles. The average Bonchev–Trinajstić information content (AvgIpc) is 3.06. The first-order valence-corrected chi connectivity index (χ1v) is 5.96. The van der Waals surface area contributed by atoms with Crippen molar-refractivity contribution in [1.82, 2.24) is 9.97 Å². The first-order chi connectivity index (χ1) is 7.83. The van der Waals surface area contributed by atoms with Gasteiger partial charge in [-0.25, -0.2) is 9.37 Å². The van der Waals surface area contributed by atoms with Crippen LogP contribution in [0.4, 0.5) is 4.39 Å². The Balaban J connectivity index is 1.71. The molecular formula is C12H15FN2O. The monoisotopic (exact) mass is 222 g/mol. The van der Waals surface area contributed by atoms with E-state index in [0.717, 1.165) is 18.7 Å². The first-order valence-electron chi connectivity index (χ1n) is 5.96. The quantitative estimate of drug-likeness (QED) is 0.788. The zero-order valence-corrected chi connectivity index (χ0v) is 9.10. The smallest absolute Gasteiger partial charge is 0.216 e. The second-order valence-electron chi connectivity index (χ2n) is 4.63. The molecule has 86 valence electrons. The van der Waals surface area contributed by atoms with E-state index in [4.69, 9.17) is 4.74 Å². The van der Waals surface area contributed by atoms with Crippen LogP contribution < -0.4 is 4.74 Å². The third-order valence-corrected chi connectivity index (χ3v) is 3.24. The Morgan fingerprint density at radius 3 is 2.81 bits per heavy atom. The van der Waals surface area contributed by atoms with Crippen LogP contribution in [-0.4, -0.2) is 22.2 Å². The Labute approximate surface area is 94.1 Å². The maximum absolute atomic E-state index is 13.4. The van der Waals surface area contributed by atoms with Crippen molar-refractivity contribution in [2.45, 2.75) is 50.3 Å². The van der Waals surface area contributed by atoms with E-state index >= 15 is 0 Å². The SMILES string of the molecule is F[C@@H]1CCC[C@H]1Oc1ccnc(C2CC2)n1. The van der Waals surface area contributed by atoms with Gasteiger partial charge in [-0.05, 0) is 32.1 Å². The van der Waals surface area contributed by atoms with E-state index in [9.17, 15) is 4.39 Å². The Kier molecular flexibility index (Phi) is 2.50. The average molecular weight is 222 g/mol. The topological polar surface area (TPSA) is 35.0 Å². The second-order valence-corrected chi connectivity index (χ2v) is 4.63. The predicted octanol–water partition coefficient (Wildman–Crippen LogP) is 2.62. The standard InChI is InChI=1S/C12H15FN2O/c13-9-2-1-3-10(9)16-11-6-7-14-12(15-11)8-4-5-8/h6-10H,1-5H2/t9-,10-/m1/s1. The summed E-state index contributed by atoms with van der Waals surface area (Å²) in [5, 5.41) is 0. The van der Waals surface area contributed by atoms with Crippen molar-refractivity contribution in [1.29, 1.82) is 0 Å². The fraction of sp³-hybridized carbons (Fsp3) is 0.667. The van der Waals surface area contributed by atoms with Crippen molar-refractivity contribution >= 4 is 0 Å². The molecule has 4 heteroatoms. The highest BCUT2D eigenvalue weighted by Gasteiger charge is 2.30. The van der Waals surface area contributed by atoms with Gasteiger partial charge in [0, 0.05) is 18.2 Å². The summed E-state index contributed by atoms with van der Waals surface area (Å²) in [6.45, 7) is 0. The predicted molar refractivity (Wildman–Crippen MR) is 57.2 cm³/mol. The van der Waals surface area contributed by atoms with Crippen molar-refractivity contribution in [2.75, 3.05) is 0 Å². The largest absolute Gasteiger partial charge is 0.471 e. The Morgan fingerprint density at radius 2 is 2.12 bits per heavy atom. The molecule has 0 N–H and O–H groups in total. The molecule has 0 amide bonds. The summed E-state index contributed by atoms with van der Waals surface area (Å²) in [4.78, 5) is 8.54. The van der Waals surface area contributed by atoms with Crippen LogP contribution in [0.3, 0.4) is 0 Å². The van der Waals surface area contributed by atoms with Crippen molar-refractivity contribution in [3.8, 4) is 5.88 Å². The molecule has 16 heavy (non-hydrogen) atoms. The second kappa shape index (κ2) is 4.00. The Bertz CT molecular complexity index is 381. The number of aromatic nitrogens is 2. The van der Waals surface area contributed by atoms with E-state index in [1.807, 2.05) is 0 Å². The number of ether oxygens (including phenoxy) is 1. The molecule has 0 radical (unpaired) electrons. The van der Waals surface area contributed by atoms with Gasteiger partial charge in [-0.3, -0.25) is 0 Å². The lowest BCUT2D eigenvalue weighted by atomic mass is 10.3. The van der Waals surface area contributed by atoms with E-state index in [0.29, 0.717) is 18.2 Å². The molecule has 1 aromatic rings. The molecule has 3 rings (SSSR count).